The van der Waals surface area contributed by atoms with Gasteiger partial charge in [-0.15, -0.1) is 0 Å². The summed E-state index contributed by atoms with van der Waals surface area (Å²) < 4.78 is 15.9. The van der Waals surface area contributed by atoms with E-state index < -0.39 is 6.04 Å². The Labute approximate surface area is 137 Å². The second-order valence-electron chi connectivity index (χ2n) is 5.69. The molecule has 6 heteroatoms. The molecule has 128 valence electrons. The topological polar surface area (TPSA) is 82.8 Å². The number of hydrogen-bond donors (Lipinski definition) is 2. The minimum Gasteiger partial charge on any atom is -0.497 e. The molecule has 0 bridgehead atoms. The Balaban J connectivity index is 1.85. The number of hydrogen-bond acceptors (Lipinski definition) is 5. The van der Waals surface area contributed by atoms with Crippen LogP contribution in [0, 0.1) is 5.92 Å². The molecular formula is C17H26N2O4. The van der Waals surface area contributed by atoms with Crippen molar-refractivity contribution in [3.05, 3.63) is 23.8 Å². The summed E-state index contributed by atoms with van der Waals surface area (Å²) in [6.07, 6.45) is 2.35. The van der Waals surface area contributed by atoms with Crippen molar-refractivity contribution in [1.82, 2.24) is 5.32 Å². The largest absolute Gasteiger partial charge is 0.497 e. The maximum absolute atomic E-state index is 12.2. The third-order valence-corrected chi connectivity index (χ3v) is 4.26. The molecule has 0 aliphatic carbocycles. The van der Waals surface area contributed by atoms with Crippen molar-refractivity contribution in [2.45, 2.75) is 25.3 Å². The average molecular weight is 322 g/mol. The van der Waals surface area contributed by atoms with E-state index in [2.05, 4.69) is 5.32 Å². The normalized spacial score (nSPS) is 16.7. The number of rotatable bonds is 7. The first-order chi connectivity index (χ1) is 11.2. The summed E-state index contributed by atoms with van der Waals surface area (Å²) in [6.45, 7) is 1.89. The first-order valence-corrected chi connectivity index (χ1v) is 7.97. The van der Waals surface area contributed by atoms with Gasteiger partial charge in [0.2, 0.25) is 5.91 Å². The summed E-state index contributed by atoms with van der Waals surface area (Å²) in [7, 11) is 3.26. The van der Waals surface area contributed by atoms with Crippen molar-refractivity contribution in [1.29, 1.82) is 0 Å². The second kappa shape index (κ2) is 8.74. The summed E-state index contributed by atoms with van der Waals surface area (Å²) in [4.78, 5) is 12.2. The molecule has 1 aromatic carbocycles. The van der Waals surface area contributed by atoms with Gasteiger partial charge in [0.1, 0.15) is 11.5 Å². The Morgan fingerprint density at radius 1 is 1.35 bits per heavy atom. The van der Waals surface area contributed by atoms with Crippen LogP contribution in [0.15, 0.2) is 18.2 Å². The van der Waals surface area contributed by atoms with Crippen LogP contribution in [0.1, 0.15) is 18.4 Å². The molecular weight excluding hydrogens is 296 g/mol. The summed E-state index contributed by atoms with van der Waals surface area (Å²) in [5, 5.41) is 2.92. The highest BCUT2D eigenvalue weighted by molar-refractivity contribution is 5.81. The van der Waals surface area contributed by atoms with Gasteiger partial charge in [-0.05, 0) is 48.9 Å². The van der Waals surface area contributed by atoms with Crippen LogP contribution in [0.5, 0.6) is 11.5 Å². The SMILES string of the molecule is COc1ccc(OC)c(CCNC(=O)C(N)C2CCOCC2)c1. The highest BCUT2D eigenvalue weighted by Gasteiger charge is 2.26. The number of nitrogens with one attached hydrogen (secondary N) is 1. The van der Waals surface area contributed by atoms with Crippen LogP contribution in [0.4, 0.5) is 0 Å². The Morgan fingerprint density at radius 3 is 2.74 bits per heavy atom. The summed E-state index contributed by atoms with van der Waals surface area (Å²) >= 11 is 0. The van der Waals surface area contributed by atoms with Crippen molar-refractivity contribution in [3.8, 4) is 11.5 Å². The van der Waals surface area contributed by atoms with Gasteiger partial charge in [-0.1, -0.05) is 0 Å². The van der Waals surface area contributed by atoms with E-state index >= 15 is 0 Å². The van der Waals surface area contributed by atoms with Crippen molar-refractivity contribution in [3.63, 3.8) is 0 Å². The van der Waals surface area contributed by atoms with Crippen molar-refractivity contribution in [2.24, 2.45) is 11.7 Å². The van der Waals surface area contributed by atoms with Crippen LogP contribution in [0.2, 0.25) is 0 Å². The molecule has 1 amide bonds. The number of ether oxygens (including phenoxy) is 3. The smallest absolute Gasteiger partial charge is 0.237 e. The predicted molar refractivity (Wildman–Crippen MR) is 87.8 cm³/mol. The van der Waals surface area contributed by atoms with Crippen LogP contribution in [0.25, 0.3) is 0 Å². The minimum atomic E-state index is -0.467. The number of nitrogens with two attached hydrogens (primary N) is 1. The zero-order valence-electron chi connectivity index (χ0n) is 13.8. The van der Waals surface area contributed by atoms with Crippen LogP contribution in [0.3, 0.4) is 0 Å². The van der Waals surface area contributed by atoms with Crippen LogP contribution < -0.4 is 20.5 Å². The Hall–Kier alpha value is -1.79. The Morgan fingerprint density at radius 2 is 2.09 bits per heavy atom. The lowest BCUT2D eigenvalue weighted by atomic mass is 9.92. The zero-order chi connectivity index (χ0) is 16.7. The molecule has 1 aromatic rings. The van der Waals surface area contributed by atoms with Gasteiger partial charge in [0.05, 0.1) is 20.3 Å². The van der Waals surface area contributed by atoms with Gasteiger partial charge in [-0.2, -0.15) is 0 Å². The Bertz CT molecular complexity index is 515. The van der Waals surface area contributed by atoms with Gasteiger partial charge in [0.15, 0.2) is 0 Å². The van der Waals surface area contributed by atoms with E-state index in [1.165, 1.54) is 0 Å². The molecule has 0 radical (unpaired) electrons. The number of methoxy groups -OCH3 is 2. The van der Waals surface area contributed by atoms with Gasteiger partial charge >= 0.3 is 0 Å². The molecule has 1 heterocycles. The average Bonchev–Trinajstić information content (AvgIpc) is 2.61. The number of carbonyl (C=O) groups is 1. The molecule has 0 spiro atoms. The first kappa shape index (κ1) is 17.6. The van der Waals surface area contributed by atoms with Crippen LogP contribution in [-0.4, -0.2) is 45.9 Å². The molecule has 3 N–H and O–H groups in total. The van der Waals surface area contributed by atoms with Crippen molar-refractivity contribution in [2.75, 3.05) is 34.0 Å². The predicted octanol–water partition coefficient (Wildman–Crippen LogP) is 1.12. The van der Waals surface area contributed by atoms with Gasteiger partial charge in [-0.3, -0.25) is 4.79 Å². The van der Waals surface area contributed by atoms with E-state index in [-0.39, 0.29) is 11.8 Å². The van der Waals surface area contributed by atoms with Gasteiger partial charge in [-0.25, -0.2) is 0 Å². The minimum absolute atomic E-state index is 0.0984. The molecule has 23 heavy (non-hydrogen) atoms. The van der Waals surface area contributed by atoms with E-state index in [1.807, 2.05) is 18.2 Å². The quantitative estimate of drug-likeness (QED) is 0.786. The monoisotopic (exact) mass is 322 g/mol. The molecule has 1 fully saturated rings. The van der Waals surface area contributed by atoms with Crippen molar-refractivity contribution >= 4 is 5.91 Å². The lowest BCUT2D eigenvalue weighted by molar-refractivity contribution is -0.124. The summed E-state index contributed by atoms with van der Waals surface area (Å²) in [6, 6.07) is 5.17. The van der Waals surface area contributed by atoms with E-state index in [4.69, 9.17) is 19.9 Å². The maximum atomic E-state index is 12.2. The molecule has 6 nitrogen and oxygen atoms in total. The molecule has 1 atom stereocenters. The highest BCUT2D eigenvalue weighted by atomic mass is 16.5. The second-order valence-corrected chi connectivity index (χ2v) is 5.69. The Kier molecular flexibility index (Phi) is 6.67. The van der Waals surface area contributed by atoms with E-state index in [1.54, 1.807) is 14.2 Å². The van der Waals surface area contributed by atoms with E-state index in [9.17, 15) is 4.79 Å². The van der Waals surface area contributed by atoms with Crippen molar-refractivity contribution < 1.29 is 19.0 Å². The third-order valence-electron chi connectivity index (χ3n) is 4.26. The standard InChI is InChI=1S/C17H26N2O4/c1-21-14-3-4-15(22-2)13(11-14)5-8-19-17(20)16(18)12-6-9-23-10-7-12/h3-4,11-12,16H,5-10,18H2,1-2H3,(H,19,20). The fraction of sp³-hybridized carbons (Fsp3) is 0.588. The molecule has 1 aliphatic heterocycles. The van der Waals surface area contributed by atoms with Gasteiger partial charge in [0, 0.05) is 19.8 Å². The van der Waals surface area contributed by atoms with E-state index in [0.29, 0.717) is 26.2 Å². The zero-order valence-corrected chi connectivity index (χ0v) is 13.8. The third kappa shape index (κ3) is 4.84. The van der Waals surface area contributed by atoms with Gasteiger partial charge < -0.3 is 25.3 Å². The fourth-order valence-corrected chi connectivity index (χ4v) is 2.80. The molecule has 1 saturated heterocycles. The van der Waals surface area contributed by atoms with Crippen LogP contribution >= 0.6 is 0 Å². The first-order valence-electron chi connectivity index (χ1n) is 7.97. The van der Waals surface area contributed by atoms with Crippen LogP contribution in [-0.2, 0) is 16.0 Å². The number of benzene rings is 1. The van der Waals surface area contributed by atoms with Gasteiger partial charge in [0.25, 0.3) is 0 Å². The molecule has 1 unspecified atom stereocenters. The lowest BCUT2D eigenvalue weighted by Gasteiger charge is -2.26. The lowest BCUT2D eigenvalue weighted by Crippen LogP contribution is -2.47. The maximum Gasteiger partial charge on any atom is 0.237 e. The highest BCUT2D eigenvalue weighted by Crippen LogP contribution is 2.24. The fourth-order valence-electron chi connectivity index (χ4n) is 2.80. The summed E-state index contributed by atoms with van der Waals surface area (Å²) in [5.74, 6) is 1.66. The molecule has 0 saturated carbocycles. The molecule has 0 aromatic heterocycles. The number of amides is 1. The summed E-state index contributed by atoms with van der Waals surface area (Å²) in [5.41, 5.74) is 7.05. The molecule has 1 aliphatic rings. The van der Waals surface area contributed by atoms with E-state index in [0.717, 1.165) is 29.9 Å². The number of carbonyl (C=O) groups excluding carboxylic acids is 1. The molecule has 2 rings (SSSR count).